The predicted octanol–water partition coefficient (Wildman–Crippen LogP) is 1.58. The molecule has 84 valence electrons. The summed E-state index contributed by atoms with van der Waals surface area (Å²) in [6, 6.07) is 5.76. The maximum Gasteiger partial charge on any atom is 0.309 e. The van der Waals surface area contributed by atoms with Crippen molar-refractivity contribution in [3.63, 3.8) is 0 Å². The summed E-state index contributed by atoms with van der Waals surface area (Å²) in [6.45, 7) is 0.518. The van der Waals surface area contributed by atoms with Crippen LogP contribution in [-0.4, -0.2) is 19.2 Å². The summed E-state index contributed by atoms with van der Waals surface area (Å²) in [5.41, 5.74) is 2.08. The van der Waals surface area contributed by atoms with E-state index in [1.807, 2.05) is 18.2 Å². The first kappa shape index (κ1) is 9.66. The summed E-state index contributed by atoms with van der Waals surface area (Å²) in [4.78, 5) is 11.2. The van der Waals surface area contributed by atoms with Crippen LogP contribution in [0.15, 0.2) is 18.2 Å². The molecule has 2 aliphatic rings. The van der Waals surface area contributed by atoms with Gasteiger partial charge in [0.25, 0.3) is 0 Å². The average molecular weight is 220 g/mol. The van der Waals surface area contributed by atoms with Gasteiger partial charge in [-0.1, -0.05) is 6.07 Å². The molecule has 0 unspecified atom stereocenters. The normalized spacial score (nSPS) is 26.9. The van der Waals surface area contributed by atoms with Crippen molar-refractivity contribution in [1.82, 2.24) is 0 Å². The van der Waals surface area contributed by atoms with Crippen LogP contribution in [-0.2, 0) is 20.9 Å². The van der Waals surface area contributed by atoms with Gasteiger partial charge < -0.3 is 14.2 Å². The number of methoxy groups -OCH3 is 1. The molecule has 3 rings (SSSR count). The van der Waals surface area contributed by atoms with Crippen molar-refractivity contribution in [2.75, 3.05) is 7.11 Å². The Balaban J connectivity index is 2.00. The fraction of sp³-hybridized carbons (Fsp3) is 0.417. The van der Waals surface area contributed by atoms with Crippen LogP contribution in [0, 0.1) is 0 Å². The second-order valence-electron chi connectivity index (χ2n) is 4.03. The second kappa shape index (κ2) is 3.49. The number of ether oxygens (including phenoxy) is 3. The van der Waals surface area contributed by atoms with Gasteiger partial charge in [0.05, 0.1) is 20.1 Å². The molecule has 1 aromatic rings. The molecule has 1 aromatic carbocycles. The van der Waals surface area contributed by atoms with Gasteiger partial charge in [0, 0.05) is 5.56 Å². The Kier molecular flexibility index (Phi) is 2.11. The van der Waals surface area contributed by atoms with Gasteiger partial charge in [-0.2, -0.15) is 0 Å². The summed E-state index contributed by atoms with van der Waals surface area (Å²) in [7, 11) is 1.63. The number of esters is 1. The smallest absolute Gasteiger partial charge is 0.309 e. The fourth-order valence-corrected chi connectivity index (χ4v) is 2.26. The zero-order valence-corrected chi connectivity index (χ0v) is 8.93. The maximum atomic E-state index is 11.2. The van der Waals surface area contributed by atoms with Crippen molar-refractivity contribution in [3.8, 4) is 5.75 Å². The lowest BCUT2D eigenvalue weighted by Gasteiger charge is -2.26. The van der Waals surface area contributed by atoms with Crippen LogP contribution in [0.3, 0.4) is 0 Å². The summed E-state index contributed by atoms with van der Waals surface area (Å²) in [5.74, 6) is 0.615. The number of fused-ring (bicyclic) bond motifs is 3. The molecule has 2 heterocycles. The highest BCUT2D eigenvalue weighted by Gasteiger charge is 2.40. The summed E-state index contributed by atoms with van der Waals surface area (Å²) >= 11 is 0. The van der Waals surface area contributed by atoms with Crippen molar-refractivity contribution < 1.29 is 19.0 Å². The molecule has 0 saturated carbocycles. The predicted molar refractivity (Wildman–Crippen MR) is 55.0 cm³/mol. The fourth-order valence-electron chi connectivity index (χ4n) is 2.26. The SMILES string of the molecule is COc1ccc2c(c1)CO[C@H]1CC(=O)O[C@@H]21. The van der Waals surface area contributed by atoms with E-state index in [1.165, 1.54) is 0 Å². The third-order valence-electron chi connectivity index (χ3n) is 3.07. The molecule has 4 heteroatoms. The van der Waals surface area contributed by atoms with Crippen LogP contribution in [0.25, 0.3) is 0 Å². The zero-order valence-electron chi connectivity index (χ0n) is 8.93. The minimum atomic E-state index is -0.234. The highest BCUT2D eigenvalue weighted by atomic mass is 16.6. The Bertz CT molecular complexity index is 441. The molecule has 0 aromatic heterocycles. The van der Waals surface area contributed by atoms with Gasteiger partial charge in [-0.3, -0.25) is 4.79 Å². The van der Waals surface area contributed by atoms with Crippen molar-refractivity contribution in [2.24, 2.45) is 0 Å². The van der Waals surface area contributed by atoms with Crippen molar-refractivity contribution in [3.05, 3.63) is 29.3 Å². The van der Waals surface area contributed by atoms with Crippen LogP contribution in [0.5, 0.6) is 5.75 Å². The molecule has 16 heavy (non-hydrogen) atoms. The van der Waals surface area contributed by atoms with Crippen molar-refractivity contribution in [2.45, 2.75) is 25.2 Å². The molecule has 2 atom stereocenters. The van der Waals surface area contributed by atoms with E-state index >= 15 is 0 Å². The maximum absolute atomic E-state index is 11.2. The van der Waals surface area contributed by atoms with Crippen molar-refractivity contribution >= 4 is 5.97 Å². The van der Waals surface area contributed by atoms with E-state index in [4.69, 9.17) is 14.2 Å². The lowest BCUT2D eigenvalue weighted by atomic mass is 9.96. The van der Waals surface area contributed by atoms with E-state index in [1.54, 1.807) is 7.11 Å². The van der Waals surface area contributed by atoms with Crippen LogP contribution < -0.4 is 4.74 Å². The summed E-state index contributed by atoms with van der Waals surface area (Å²) in [6.07, 6.45) is 0.00594. The monoisotopic (exact) mass is 220 g/mol. The van der Waals surface area contributed by atoms with Gasteiger partial charge in [0.2, 0.25) is 0 Å². The van der Waals surface area contributed by atoms with E-state index in [-0.39, 0.29) is 18.2 Å². The van der Waals surface area contributed by atoms with Gasteiger partial charge in [0.1, 0.15) is 11.9 Å². The molecule has 0 amide bonds. The minimum Gasteiger partial charge on any atom is -0.497 e. The lowest BCUT2D eigenvalue weighted by molar-refractivity contribution is -0.142. The van der Waals surface area contributed by atoms with E-state index in [0.29, 0.717) is 13.0 Å². The number of hydrogen-bond acceptors (Lipinski definition) is 4. The first-order valence-electron chi connectivity index (χ1n) is 5.26. The summed E-state index contributed by atoms with van der Waals surface area (Å²) < 4.78 is 16.0. The molecule has 0 radical (unpaired) electrons. The third kappa shape index (κ3) is 1.38. The molecule has 0 aliphatic carbocycles. The summed E-state index contributed by atoms with van der Waals surface area (Å²) in [5, 5.41) is 0. The molecule has 0 N–H and O–H groups in total. The largest absolute Gasteiger partial charge is 0.497 e. The Morgan fingerprint density at radius 1 is 1.44 bits per heavy atom. The molecule has 1 fully saturated rings. The van der Waals surface area contributed by atoms with Crippen molar-refractivity contribution in [1.29, 1.82) is 0 Å². The quantitative estimate of drug-likeness (QED) is 0.674. The third-order valence-corrected chi connectivity index (χ3v) is 3.07. The van der Waals surface area contributed by atoms with E-state index in [9.17, 15) is 4.79 Å². The number of carbonyl (C=O) groups excluding carboxylic acids is 1. The molecule has 0 bridgehead atoms. The van der Waals surface area contributed by atoms with Crippen LogP contribution in [0.1, 0.15) is 23.7 Å². The highest BCUT2D eigenvalue weighted by molar-refractivity contribution is 5.73. The van der Waals surface area contributed by atoms with Gasteiger partial charge in [-0.15, -0.1) is 0 Å². The van der Waals surface area contributed by atoms with E-state index in [2.05, 4.69) is 0 Å². The Morgan fingerprint density at radius 2 is 2.31 bits per heavy atom. The second-order valence-corrected chi connectivity index (χ2v) is 4.03. The van der Waals surface area contributed by atoms with Crippen LogP contribution in [0.2, 0.25) is 0 Å². The molecule has 2 aliphatic heterocycles. The molecule has 1 saturated heterocycles. The Labute approximate surface area is 93.1 Å². The Hall–Kier alpha value is -1.55. The zero-order chi connectivity index (χ0) is 11.1. The Morgan fingerprint density at radius 3 is 3.12 bits per heavy atom. The molecule has 0 spiro atoms. The van der Waals surface area contributed by atoms with E-state index in [0.717, 1.165) is 16.9 Å². The average Bonchev–Trinajstić information content (AvgIpc) is 2.69. The topological polar surface area (TPSA) is 44.8 Å². The first-order valence-corrected chi connectivity index (χ1v) is 5.26. The van der Waals surface area contributed by atoms with Gasteiger partial charge in [-0.05, 0) is 17.7 Å². The number of hydrogen-bond donors (Lipinski definition) is 0. The standard InChI is InChI=1S/C12H12O4/c1-14-8-2-3-9-7(4-8)6-15-10-5-11(13)16-12(9)10/h2-4,10,12H,5-6H2,1H3/t10-,12-/m0/s1. The van der Waals surface area contributed by atoms with Gasteiger partial charge >= 0.3 is 5.97 Å². The lowest BCUT2D eigenvalue weighted by Crippen LogP contribution is -2.23. The van der Waals surface area contributed by atoms with Gasteiger partial charge in [-0.25, -0.2) is 0 Å². The first-order chi connectivity index (χ1) is 7.78. The number of carbonyl (C=O) groups is 1. The highest BCUT2D eigenvalue weighted by Crippen LogP contribution is 2.39. The number of benzene rings is 1. The van der Waals surface area contributed by atoms with Crippen LogP contribution >= 0.6 is 0 Å². The molecule has 4 nitrogen and oxygen atoms in total. The van der Waals surface area contributed by atoms with E-state index < -0.39 is 0 Å². The van der Waals surface area contributed by atoms with Crippen LogP contribution in [0.4, 0.5) is 0 Å². The number of rotatable bonds is 1. The minimum absolute atomic E-state index is 0.117. The molecular weight excluding hydrogens is 208 g/mol. The van der Waals surface area contributed by atoms with Gasteiger partial charge in [0.15, 0.2) is 6.10 Å². The molecular formula is C12H12O4.